The SMILES string of the molecule is C=C(N)CSc1ccc(C)cc1. The molecule has 1 aromatic rings. The fraction of sp³-hybridized carbons (Fsp3) is 0.200. The van der Waals surface area contributed by atoms with Crippen LogP contribution in [0.15, 0.2) is 41.4 Å². The molecule has 0 atom stereocenters. The van der Waals surface area contributed by atoms with Crippen molar-refractivity contribution in [2.24, 2.45) is 5.73 Å². The van der Waals surface area contributed by atoms with E-state index in [4.69, 9.17) is 5.73 Å². The van der Waals surface area contributed by atoms with Gasteiger partial charge in [-0.3, -0.25) is 0 Å². The van der Waals surface area contributed by atoms with Crippen molar-refractivity contribution in [2.45, 2.75) is 11.8 Å². The lowest BCUT2D eigenvalue weighted by Crippen LogP contribution is -1.96. The first-order chi connectivity index (χ1) is 5.68. The second-order valence-electron chi connectivity index (χ2n) is 2.76. The van der Waals surface area contributed by atoms with Gasteiger partial charge in [0.25, 0.3) is 0 Å². The number of nitrogens with two attached hydrogens (primary N) is 1. The van der Waals surface area contributed by atoms with Gasteiger partial charge in [-0.1, -0.05) is 24.3 Å². The molecule has 12 heavy (non-hydrogen) atoms. The molecule has 0 aromatic heterocycles. The molecular weight excluding hydrogens is 166 g/mol. The predicted octanol–water partition coefficient (Wildman–Crippen LogP) is 2.56. The maximum atomic E-state index is 5.45. The molecular formula is C10H13NS. The Morgan fingerprint density at radius 1 is 1.42 bits per heavy atom. The van der Waals surface area contributed by atoms with E-state index in [1.54, 1.807) is 11.8 Å². The highest BCUT2D eigenvalue weighted by Crippen LogP contribution is 2.18. The minimum atomic E-state index is 0.723. The third-order valence-electron chi connectivity index (χ3n) is 1.45. The van der Waals surface area contributed by atoms with Gasteiger partial charge in [0.05, 0.1) is 0 Å². The Labute approximate surface area is 77.7 Å². The van der Waals surface area contributed by atoms with Crippen LogP contribution in [0.2, 0.25) is 0 Å². The zero-order valence-corrected chi connectivity index (χ0v) is 8.03. The molecule has 0 aliphatic carbocycles. The van der Waals surface area contributed by atoms with Crippen LogP contribution in [0.5, 0.6) is 0 Å². The molecule has 0 aliphatic heterocycles. The smallest absolute Gasteiger partial charge is 0.0372 e. The maximum Gasteiger partial charge on any atom is 0.0372 e. The Morgan fingerprint density at radius 3 is 2.50 bits per heavy atom. The van der Waals surface area contributed by atoms with Crippen molar-refractivity contribution in [3.63, 3.8) is 0 Å². The Morgan fingerprint density at radius 2 is 2.00 bits per heavy atom. The second kappa shape index (κ2) is 4.21. The highest BCUT2D eigenvalue weighted by Gasteiger charge is 1.92. The fourth-order valence-electron chi connectivity index (χ4n) is 0.811. The van der Waals surface area contributed by atoms with E-state index in [1.807, 2.05) is 0 Å². The number of thioether (sulfide) groups is 1. The normalized spacial score (nSPS) is 9.75. The molecule has 2 N–H and O–H groups in total. The minimum Gasteiger partial charge on any atom is -0.402 e. The van der Waals surface area contributed by atoms with Crippen LogP contribution in [0, 0.1) is 6.92 Å². The van der Waals surface area contributed by atoms with Crippen LogP contribution < -0.4 is 5.73 Å². The zero-order chi connectivity index (χ0) is 8.97. The largest absolute Gasteiger partial charge is 0.402 e. The Kier molecular flexibility index (Phi) is 3.23. The summed E-state index contributed by atoms with van der Waals surface area (Å²) in [5.41, 5.74) is 7.46. The lowest BCUT2D eigenvalue weighted by molar-refractivity contribution is 1.33. The summed E-state index contributed by atoms with van der Waals surface area (Å²) >= 11 is 1.71. The van der Waals surface area contributed by atoms with E-state index in [9.17, 15) is 0 Å². The van der Waals surface area contributed by atoms with Crippen LogP contribution in [0.1, 0.15) is 5.56 Å². The summed E-state index contributed by atoms with van der Waals surface area (Å²) in [4.78, 5) is 1.24. The van der Waals surface area contributed by atoms with E-state index in [0.717, 1.165) is 11.4 Å². The van der Waals surface area contributed by atoms with Crippen molar-refractivity contribution < 1.29 is 0 Å². The van der Waals surface area contributed by atoms with E-state index in [0.29, 0.717) is 0 Å². The first-order valence-corrected chi connectivity index (χ1v) is 4.80. The Balaban J connectivity index is 2.53. The van der Waals surface area contributed by atoms with Crippen LogP contribution in [-0.4, -0.2) is 5.75 Å². The van der Waals surface area contributed by atoms with Gasteiger partial charge in [0.15, 0.2) is 0 Å². The Bertz CT molecular complexity index is 264. The van der Waals surface area contributed by atoms with Crippen LogP contribution >= 0.6 is 11.8 Å². The summed E-state index contributed by atoms with van der Waals surface area (Å²) in [6.45, 7) is 5.72. The van der Waals surface area contributed by atoms with Crippen LogP contribution in [0.4, 0.5) is 0 Å². The molecule has 2 heteroatoms. The molecule has 1 nitrogen and oxygen atoms in total. The average Bonchev–Trinajstić information content (AvgIpc) is 2.03. The zero-order valence-electron chi connectivity index (χ0n) is 7.21. The summed E-state index contributed by atoms with van der Waals surface area (Å²) in [7, 11) is 0. The Hall–Kier alpha value is -0.890. The third-order valence-corrected chi connectivity index (χ3v) is 2.57. The molecule has 0 aliphatic rings. The maximum absolute atomic E-state index is 5.45. The van der Waals surface area contributed by atoms with Gasteiger partial charge in [-0.05, 0) is 19.1 Å². The second-order valence-corrected chi connectivity index (χ2v) is 3.81. The van der Waals surface area contributed by atoms with Crippen molar-refractivity contribution in [2.75, 3.05) is 5.75 Å². The van der Waals surface area contributed by atoms with E-state index in [1.165, 1.54) is 10.5 Å². The van der Waals surface area contributed by atoms with Crippen LogP contribution in [0.25, 0.3) is 0 Å². The molecule has 0 amide bonds. The quantitative estimate of drug-likeness (QED) is 0.722. The van der Waals surface area contributed by atoms with Gasteiger partial charge in [0.2, 0.25) is 0 Å². The summed E-state index contributed by atoms with van der Waals surface area (Å²) < 4.78 is 0. The highest BCUT2D eigenvalue weighted by atomic mass is 32.2. The summed E-state index contributed by atoms with van der Waals surface area (Å²) in [5.74, 6) is 0.795. The van der Waals surface area contributed by atoms with Gasteiger partial charge in [0, 0.05) is 16.3 Å². The van der Waals surface area contributed by atoms with E-state index in [-0.39, 0.29) is 0 Å². The first kappa shape index (κ1) is 9.20. The molecule has 64 valence electrons. The van der Waals surface area contributed by atoms with Crippen molar-refractivity contribution >= 4 is 11.8 Å². The first-order valence-electron chi connectivity index (χ1n) is 3.81. The van der Waals surface area contributed by atoms with E-state index in [2.05, 4.69) is 37.8 Å². The number of hydrogen-bond acceptors (Lipinski definition) is 2. The van der Waals surface area contributed by atoms with Crippen molar-refractivity contribution in [1.82, 2.24) is 0 Å². The lowest BCUT2D eigenvalue weighted by atomic mass is 10.2. The van der Waals surface area contributed by atoms with Crippen molar-refractivity contribution in [3.8, 4) is 0 Å². The summed E-state index contributed by atoms with van der Waals surface area (Å²) in [6, 6.07) is 8.40. The summed E-state index contributed by atoms with van der Waals surface area (Å²) in [6.07, 6.45) is 0. The molecule has 0 saturated heterocycles. The van der Waals surface area contributed by atoms with Gasteiger partial charge in [0.1, 0.15) is 0 Å². The van der Waals surface area contributed by atoms with E-state index >= 15 is 0 Å². The summed E-state index contributed by atoms with van der Waals surface area (Å²) in [5, 5.41) is 0. The molecule has 1 aromatic carbocycles. The highest BCUT2D eigenvalue weighted by molar-refractivity contribution is 7.99. The molecule has 0 bridgehead atoms. The lowest BCUT2D eigenvalue weighted by Gasteiger charge is -2.00. The molecule has 0 radical (unpaired) electrons. The molecule has 0 unspecified atom stereocenters. The average molecular weight is 179 g/mol. The molecule has 0 saturated carbocycles. The van der Waals surface area contributed by atoms with Crippen molar-refractivity contribution in [1.29, 1.82) is 0 Å². The number of rotatable bonds is 3. The topological polar surface area (TPSA) is 26.0 Å². The minimum absolute atomic E-state index is 0.723. The number of benzene rings is 1. The van der Waals surface area contributed by atoms with Gasteiger partial charge in [-0.15, -0.1) is 11.8 Å². The predicted molar refractivity (Wildman–Crippen MR) is 55.2 cm³/mol. The van der Waals surface area contributed by atoms with Gasteiger partial charge >= 0.3 is 0 Å². The molecule has 0 fully saturated rings. The standard InChI is InChI=1S/C10H13NS/c1-8-3-5-10(6-4-8)12-7-9(2)11/h3-6H,2,7,11H2,1H3. The number of aryl methyl sites for hydroxylation is 1. The molecule has 1 rings (SSSR count). The van der Waals surface area contributed by atoms with E-state index < -0.39 is 0 Å². The molecule has 0 spiro atoms. The van der Waals surface area contributed by atoms with Crippen LogP contribution in [-0.2, 0) is 0 Å². The fourth-order valence-corrected chi connectivity index (χ4v) is 1.49. The van der Waals surface area contributed by atoms with Crippen molar-refractivity contribution in [3.05, 3.63) is 42.1 Å². The van der Waals surface area contributed by atoms with Gasteiger partial charge < -0.3 is 5.73 Å². The third kappa shape index (κ3) is 3.01. The van der Waals surface area contributed by atoms with Gasteiger partial charge in [-0.2, -0.15) is 0 Å². The monoisotopic (exact) mass is 179 g/mol. The van der Waals surface area contributed by atoms with Gasteiger partial charge in [-0.25, -0.2) is 0 Å². The number of hydrogen-bond donors (Lipinski definition) is 1. The molecule has 0 heterocycles. The van der Waals surface area contributed by atoms with Crippen LogP contribution in [0.3, 0.4) is 0 Å².